The quantitative estimate of drug-likeness (QED) is 0.746. The molecule has 0 aromatic rings. The maximum Gasteiger partial charge on any atom is 0.217 e. The number of hydrogen-bond acceptors (Lipinski definition) is 3. The van der Waals surface area contributed by atoms with Crippen LogP contribution >= 0.6 is 0 Å². The zero-order valence-corrected chi connectivity index (χ0v) is 11.8. The van der Waals surface area contributed by atoms with E-state index in [0.29, 0.717) is 18.2 Å². The van der Waals surface area contributed by atoms with Gasteiger partial charge in [-0.3, -0.25) is 14.5 Å². The van der Waals surface area contributed by atoms with Crippen molar-refractivity contribution >= 4 is 11.7 Å². The highest BCUT2D eigenvalue weighted by atomic mass is 16.1. The number of hydrogen-bond donors (Lipinski definition) is 1. The SMILES string of the molecule is NC(=O)CCCCN1CCCCC1C1CCCC1=O. The molecule has 108 valence electrons. The number of carbonyl (C=O) groups excluding carboxylic acids is 2. The molecule has 0 aromatic heterocycles. The van der Waals surface area contributed by atoms with Gasteiger partial charge in [0.2, 0.25) is 5.91 Å². The van der Waals surface area contributed by atoms with E-state index in [0.717, 1.165) is 45.2 Å². The highest BCUT2D eigenvalue weighted by Gasteiger charge is 2.36. The number of nitrogens with two attached hydrogens (primary N) is 1. The summed E-state index contributed by atoms with van der Waals surface area (Å²) in [6.45, 7) is 2.13. The first-order chi connectivity index (χ1) is 9.18. The van der Waals surface area contributed by atoms with Crippen LogP contribution in [0.25, 0.3) is 0 Å². The smallest absolute Gasteiger partial charge is 0.217 e. The molecule has 0 bridgehead atoms. The van der Waals surface area contributed by atoms with Crippen LogP contribution in [0.1, 0.15) is 57.8 Å². The van der Waals surface area contributed by atoms with Gasteiger partial charge in [0.05, 0.1) is 0 Å². The molecule has 1 heterocycles. The third-order valence-corrected chi connectivity index (χ3v) is 4.60. The largest absolute Gasteiger partial charge is 0.370 e. The molecule has 2 atom stereocenters. The fourth-order valence-electron chi connectivity index (χ4n) is 3.61. The van der Waals surface area contributed by atoms with Gasteiger partial charge in [0, 0.05) is 24.8 Å². The van der Waals surface area contributed by atoms with Crippen molar-refractivity contribution < 1.29 is 9.59 Å². The second-order valence-electron chi connectivity index (χ2n) is 5.99. The minimum atomic E-state index is -0.207. The van der Waals surface area contributed by atoms with E-state index in [2.05, 4.69) is 4.90 Å². The second kappa shape index (κ2) is 7.04. The van der Waals surface area contributed by atoms with Gasteiger partial charge in [-0.1, -0.05) is 6.42 Å². The molecule has 2 rings (SSSR count). The van der Waals surface area contributed by atoms with Crippen LogP contribution in [-0.4, -0.2) is 35.7 Å². The normalized spacial score (nSPS) is 28.7. The molecule has 2 fully saturated rings. The summed E-state index contributed by atoms with van der Waals surface area (Å²) in [6, 6.07) is 0.470. The number of primary amides is 1. The summed E-state index contributed by atoms with van der Waals surface area (Å²) in [5.41, 5.74) is 5.16. The number of ketones is 1. The van der Waals surface area contributed by atoms with Crippen LogP contribution in [0.2, 0.25) is 0 Å². The third-order valence-electron chi connectivity index (χ3n) is 4.60. The Balaban J connectivity index is 1.82. The molecule has 1 amide bonds. The summed E-state index contributed by atoms with van der Waals surface area (Å²) in [4.78, 5) is 25.2. The second-order valence-corrected chi connectivity index (χ2v) is 5.99. The fourth-order valence-corrected chi connectivity index (χ4v) is 3.61. The Morgan fingerprint density at radius 2 is 2.05 bits per heavy atom. The van der Waals surface area contributed by atoms with E-state index < -0.39 is 0 Å². The first-order valence-corrected chi connectivity index (χ1v) is 7.73. The van der Waals surface area contributed by atoms with Crippen molar-refractivity contribution in [2.75, 3.05) is 13.1 Å². The van der Waals surface area contributed by atoms with Crippen LogP contribution in [0.3, 0.4) is 0 Å². The van der Waals surface area contributed by atoms with Crippen molar-refractivity contribution in [1.82, 2.24) is 4.90 Å². The average molecular weight is 266 g/mol. The summed E-state index contributed by atoms with van der Waals surface area (Å²) in [7, 11) is 0. The van der Waals surface area contributed by atoms with E-state index in [9.17, 15) is 9.59 Å². The Kier molecular flexibility index (Phi) is 5.37. The van der Waals surface area contributed by atoms with Crippen molar-refractivity contribution in [1.29, 1.82) is 0 Å². The molecule has 0 spiro atoms. The van der Waals surface area contributed by atoms with Gasteiger partial charge >= 0.3 is 0 Å². The van der Waals surface area contributed by atoms with Crippen molar-refractivity contribution in [2.45, 2.75) is 63.8 Å². The van der Waals surface area contributed by atoms with Crippen LogP contribution in [0, 0.1) is 5.92 Å². The molecule has 1 saturated carbocycles. The van der Waals surface area contributed by atoms with E-state index in [1.165, 1.54) is 19.3 Å². The zero-order valence-electron chi connectivity index (χ0n) is 11.8. The maximum atomic E-state index is 12.0. The highest BCUT2D eigenvalue weighted by Crippen LogP contribution is 2.32. The topological polar surface area (TPSA) is 63.4 Å². The Morgan fingerprint density at radius 1 is 1.21 bits per heavy atom. The van der Waals surface area contributed by atoms with Crippen LogP contribution in [0.4, 0.5) is 0 Å². The number of unbranched alkanes of at least 4 members (excludes halogenated alkanes) is 1. The number of nitrogens with zero attached hydrogens (tertiary/aromatic N) is 1. The molecule has 4 nitrogen and oxygen atoms in total. The third kappa shape index (κ3) is 4.03. The Morgan fingerprint density at radius 3 is 2.74 bits per heavy atom. The Labute approximate surface area is 115 Å². The zero-order chi connectivity index (χ0) is 13.7. The van der Waals surface area contributed by atoms with E-state index in [1.807, 2.05) is 0 Å². The van der Waals surface area contributed by atoms with Gasteiger partial charge < -0.3 is 5.73 Å². The molecule has 0 aromatic carbocycles. The Bertz CT molecular complexity index is 330. The number of piperidine rings is 1. The van der Waals surface area contributed by atoms with Gasteiger partial charge in [-0.05, 0) is 51.6 Å². The lowest BCUT2D eigenvalue weighted by Gasteiger charge is -2.38. The van der Waals surface area contributed by atoms with E-state index in [-0.39, 0.29) is 11.8 Å². The van der Waals surface area contributed by atoms with Gasteiger partial charge in [-0.15, -0.1) is 0 Å². The van der Waals surface area contributed by atoms with Crippen LogP contribution < -0.4 is 5.73 Å². The van der Waals surface area contributed by atoms with E-state index >= 15 is 0 Å². The lowest BCUT2D eigenvalue weighted by molar-refractivity contribution is -0.123. The fraction of sp³-hybridized carbons (Fsp3) is 0.867. The lowest BCUT2D eigenvalue weighted by atomic mass is 9.88. The first-order valence-electron chi connectivity index (χ1n) is 7.73. The highest BCUT2D eigenvalue weighted by molar-refractivity contribution is 5.83. The molecule has 2 aliphatic rings. The van der Waals surface area contributed by atoms with Crippen molar-refractivity contribution in [3.63, 3.8) is 0 Å². The predicted molar refractivity (Wildman–Crippen MR) is 74.6 cm³/mol. The molecule has 1 aliphatic carbocycles. The minimum Gasteiger partial charge on any atom is -0.370 e. The summed E-state index contributed by atoms with van der Waals surface area (Å²) in [5, 5.41) is 0. The van der Waals surface area contributed by atoms with Crippen LogP contribution in [0.5, 0.6) is 0 Å². The van der Waals surface area contributed by atoms with Gasteiger partial charge in [0.15, 0.2) is 0 Å². The molecule has 4 heteroatoms. The lowest BCUT2D eigenvalue weighted by Crippen LogP contribution is -2.45. The summed E-state index contributed by atoms with van der Waals surface area (Å²) >= 11 is 0. The van der Waals surface area contributed by atoms with Gasteiger partial charge in [-0.25, -0.2) is 0 Å². The molecule has 1 saturated heterocycles. The number of rotatable bonds is 6. The number of carbonyl (C=O) groups is 2. The molecular weight excluding hydrogens is 240 g/mol. The molecule has 0 radical (unpaired) electrons. The van der Waals surface area contributed by atoms with Crippen LogP contribution in [0.15, 0.2) is 0 Å². The molecule has 19 heavy (non-hydrogen) atoms. The van der Waals surface area contributed by atoms with Gasteiger partial charge in [0.25, 0.3) is 0 Å². The first kappa shape index (κ1) is 14.5. The van der Waals surface area contributed by atoms with E-state index in [1.54, 1.807) is 0 Å². The predicted octanol–water partition coefficient (Wildman–Crippen LogP) is 1.87. The standard InChI is InChI=1S/C15H26N2O2/c16-15(19)9-2-4-11-17-10-3-1-7-13(17)12-6-5-8-14(12)18/h12-13H,1-11H2,(H2,16,19). The number of Topliss-reactive ketones (excluding diaryl/α,β-unsaturated/α-hetero) is 1. The molecular formula is C15H26N2O2. The van der Waals surface area contributed by atoms with Gasteiger partial charge in [0.1, 0.15) is 5.78 Å². The van der Waals surface area contributed by atoms with E-state index in [4.69, 9.17) is 5.73 Å². The van der Waals surface area contributed by atoms with Crippen molar-refractivity contribution in [3.05, 3.63) is 0 Å². The summed E-state index contributed by atoms with van der Waals surface area (Å²) in [5.74, 6) is 0.562. The number of amides is 1. The van der Waals surface area contributed by atoms with Crippen LogP contribution in [-0.2, 0) is 9.59 Å². The molecule has 2 unspecified atom stereocenters. The van der Waals surface area contributed by atoms with Gasteiger partial charge in [-0.2, -0.15) is 0 Å². The van der Waals surface area contributed by atoms with Crippen molar-refractivity contribution in [3.8, 4) is 0 Å². The average Bonchev–Trinajstić information content (AvgIpc) is 2.81. The summed E-state index contributed by atoms with van der Waals surface area (Å²) < 4.78 is 0. The molecule has 1 aliphatic heterocycles. The van der Waals surface area contributed by atoms with Crippen molar-refractivity contribution in [2.24, 2.45) is 11.7 Å². The number of likely N-dealkylation sites (tertiary alicyclic amines) is 1. The maximum absolute atomic E-state index is 12.0. The minimum absolute atomic E-state index is 0.207. The Hall–Kier alpha value is -0.900. The monoisotopic (exact) mass is 266 g/mol. The summed E-state index contributed by atoms with van der Waals surface area (Å²) in [6.07, 6.45) is 9.00. The molecule has 2 N–H and O–H groups in total.